The highest BCUT2D eigenvalue weighted by Gasteiger charge is 2.33. The molecule has 2 fully saturated rings. The Hall–Kier alpha value is -5.96. The van der Waals surface area contributed by atoms with Crippen LogP contribution in [0.25, 0.3) is 22.5 Å². The van der Waals surface area contributed by atoms with Gasteiger partial charge in [-0.1, -0.05) is 30.3 Å². The molecule has 1 aromatic heterocycles. The van der Waals surface area contributed by atoms with E-state index in [2.05, 4.69) is 41.9 Å². The van der Waals surface area contributed by atoms with E-state index in [9.17, 15) is 24.0 Å². The number of esters is 1. The number of aromatic nitrogens is 4. The smallest absolute Gasteiger partial charge is 0.328 e. The number of aryl methyl sites for hydroxylation is 1. The Kier molecular flexibility index (Phi) is 12.1. The molecule has 2 heterocycles. The zero-order chi connectivity index (χ0) is 38.2. The monoisotopic (exact) mass is 735 g/mol. The minimum absolute atomic E-state index is 0.135. The number of aromatic amines is 1. The van der Waals surface area contributed by atoms with Gasteiger partial charge < -0.3 is 31.7 Å². The molecule has 3 atom stereocenters. The summed E-state index contributed by atoms with van der Waals surface area (Å²) in [6.45, 7) is 2.52. The van der Waals surface area contributed by atoms with Crippen LogP contribution in [-0.4, -0.2) is 82.0 Å². The molecule has 1 aliphatic heterocycles. The molecule has 7 N–H and O–H groups in total. The van der Waals surface area contributed by atoms with Crippen molar-refractivity contribution in [2.75, 3.05) is 19.0 Å². The van der Waals surface area contributed by atoms with Gasteiger partial charge >= 0.3 is 5.97 Å². The summed E-state index contributed by atoms with van der Waals surface area (Å²) in [5, 5.41) is 25.2. The largest absolute Gasteiger partial charge is 0.467 e. The Morgan fingerprint density at radius 3 is 2.28 bits per heavy atom. The Bertz CT molecular complexity index is 1960. The van der Waals surface area contributed by atoms with Crippen molar-refractivity contribution in [1.29, 1.82) is 0 Å². The minimum atomic E-state index is -0.828. The zero-order valence-electron chi connectivity index (χ0n) is 30.3. The van der Waals surface area contributed by atoms with Crippen LogP contribution in [0.2, 0.25) is 0 Å². The van der Waals surface area contributed by atoms with E-state index in [0.717, 1.165) is 53.5 Å². The zero-order valence-corrected chi connectivity index (χ0v) is 30.3. The molecule has 1 aliphatic carbocycles. The Morgan fingerprint density at radius 2 is 1.65 bits per heavy atom. The maximum atomic E-state index is 13.7. The molecule has 0 spiro atoms. The standard InChI is InChI=1S/C39H45N9O6/c1-22-19-28(36(50)42-31-17-18-32(39(53)54-2)43-37(31)51)13-16-30(22)25-7-3-23(4-8-25)20-33(44-35(49)27-9-5-24(21-40)6-10-27)38(52)41-29-14-11-26(12-15-29)34-45-47-48-46-34/h3-4,7-8,11-16,19,24,27,31-33H,5-6,9-10,17-18,20-21,40H2,1-2H3,(H,41,52)(H,42,50)(H,43,51)(H,44,49)(H,45,46,47,48)/t24-,27-,31?,32?,33-/m0/s1. The third-order valence-corrected chi connectivity index (χ3v) is 10.3. The highest BCUT2D eigenvalue weighted by molar-refractivity contribution is 5.99. The molecule has 1 saturated heterocycles. The van der Waals surface area contributed by atoms with Gasteiger partial charge in [0.15, 0.2) is 5.82 Å². The highest BCUT2D eigenvalue weighted by atomic mass is 16.5. The number of carbonyl (C=O) groups is 5. The fraction of sp³-hybridized carbons (Fsp3) is 0.385. The van der Waals surface area contributed by atoms with Gasteiger partial charge in [-0.25, -0.2) is 9.89 Å². The number of methoxy groups -OCH3 is 1. The lowest BCUT2D eigenvalue weighted by Gasteiger charge is -2.28. The number of carbonyl (C=O) groups excluding carboxylic acids is 5. The first-order chi connectivity index (χ1) is 26.1. The summed E-state index contributed by atoms with van der Waals surface area (Å²) in [5.41, 5.74) is 11.1. The molecule has 1 saturated carbocycles. The van der Waals surface area contributed by atoms with Crippen LogP contribution in [0.4, 0.5) is 5.69 Å². The molecule has 2 unspecified atom stereocenters. The number of nitrogens with two attached hydrogens (primary N) is 1. The number of nitrogens with one attached hydrogen (secondary N) is 5. The van der Waals surface area contributed by atoms with Gasteiger partial charge in [-0.2, -0.15) is 0 Å². The van der Waals surface area contributed by atoms with Crippen LogP contribution >= 0.6 is 0 Å². The topological polar surface area (TPSA) is 223 Å². The second-order valence-electron chi connectivity index (χ2n) is 13.9. The third kappa shape index (κ3) is 9.15. The number of anilines is 1. The van der Waals surface area contributed by atoms with Gasteiger partial charge in [0.2, 0.25) is 17.7 Å². The van der Waals surface area contributed by atoms with Crippen molar-refractivity contribution in [2.45, 2.75) is 70.0 Å². The van der Waals surface area contributed by atoms with E-state index in [-0.39, 0.29) is 24.2 Å². The lowest BCUT2D eigenvalue weighted by molar-refractivity contribution is -0.146. The van der Waals surface area contributed by atoms with E-state index in [1.165, 1.54) is 7.11 Å². The van der Waals surface area contributed by atoms with Crippen LogP contribution in [0.15, 0.2) is 66.7 Å². The Labute approximate surface area is 312 Å². The average Bonchev–Trinajstić information content (AvgIpc) is 3.74. The minimum Gasteiger partial charge on any atom is -0.467 e. The van der Waals surface area contributed by atoms with Gasteiger partial charge in [0.1, 0.15) is 18.1 Å². The van der Waals surface area contributed by atoms with Crippen LogP contribution in [0, 0.1) is 18.8 Å². The molecule has 6 rings (SSSR count). The molecular formula is C39H45N9O6. The molecule has 15 heteroatoms. The van der Waals surface area contributed by atoms with Gasteiger partial charge in [0.05, 0.1) is 7.11 Å². The predicted molar refractivity (Wildman–Crippen MR) is 199 cm³/mol. The van der Waals surface area contributed by atoms with Gasteiger partial charge in [-0.15, -0.1) is 5.10 Å². The summed E-state index contributed by atoms with van der Waals surface area (Å²) < 4.78 is 4.71. The summed E-state index contributed by atoms with van der Waals surface area (Å²) in [4.78, 5) is 64.5. The van der Waals surface area contributed by atoms with E-state index < -0.39 is 35.9 Å². The van der Waals surface area contributed by atoms with Crippen LogP contribution < -0.4 is 27.0 Å². The molecule has 282 valence electrons. The fourth-order valence-corrected chi connectivity index (χ4v) is 7.07. The van der Waals surface area contributed by atoms with Gasteiger partial charge in [-0.3, -0.25) is 19.2 Å². The van der Waals surface area contributed by atoms with Crippen molar-refractivity contribution >= 4 is 35.3 Å². The number of benzene rings is 3. The van der Waals surface area contributed by atoms with E-state index in [1.54, 1.807) is 36.4 Å². The van der Waals surface area contributed by atoms with Crippen molar-refractivity contribution in [2.24, 2.45) is 17.6 Å². The first kappa shape index (κ1) is 37.8. The third-order valence-electron chi connectivity index (χ3n) is 10.3. The van der Waals surface area contributed by atoms with E-state index in [4.69, 9.17) is 10.5 Å². The van der Waals surface area contributed by atoms with E-state index in [1.807, 2.05) is 37.3 Å². The molecule has 0 bridgehead atoms. The number of piperidine rings is 1. The normalized spacial score (nSPS) is 20.2. The van der Waals surface area contributed by atoms with Gasteiger partial charge in [-0.05, 0) is 127 Å². The number of rotatable bonds is 12. The number of ether oxygens (including phenoxy) is 1. The number of H-pyrrole nitrogens is 1. The molecule has 3 aromatic carbocycles. The van der Waals surface area contributed by atoms with Crippen LogP contribution in [0.3, 0.4) is 0 Å². The molecule has 0 radical (unpaired) electrons. The molecule has 2 aliphatic rings. The number of nitrogens with zero attached hydrogens (tertiary/aromatic N) is 3. The Balaban J connectivity index is 1.11. The second-order valence-corrected chi connectivity index (χ2v) is 13.9. The van der Waals surface area contributed by atoms with Crippen molar-refractivity contribution in [3.8, 4) is 22.5 Å². The fourth-order valence-electron chi connectivity index (χ4n) is 7.07. The molecule has 4 aromatic rings. The summed E-state index contributed by atoms with van der Waals surface area (Å²) in [6, 6.07) is 17.9. The quantitative estimate of drug-likeness (QED) is 0.117. The first-order valence-corrected chi connectivity index (χ1v) is 18.2. The van der Waals surface area contributed by atoms with Crippen molar-refractivity contribution < 1.29 is 28.7 Å². The SMILES string of the molecule is COC(=O)C1CCC(NC(=O)c2ccc(-c3ccc(C[C@H](NC(=O)[C@H]4CC[C@H](CN)CC4)C(=O)Nc4ccc(-c5nnn[nH]5)cc4)cc3)c(C)c2)C(=O)N1. The van der Waals surface area contributed by atoms with Gasteiger partial charge in [0.25, 0.3) is 5.91 Å². The maximum Gasteiger partial charge on any atom is 0.328 e. The Morgan fingerprint density at radius 1 is 0.926 bits per heavy atom. The second kappa shape index (κ2) is 17.2. The molecule has 15 nitrogen and oxygen atoms in total. The summed E-state index contributed by atoms with van der Waals surface area (Å²) in [7, 11) is 1.26. The van der Waals surface area contributed by atoms with Gasteiger partial charge in [0, 0.05) is 29.2 Å². The van der Waals surface area contributed by atoms with Crippen molar-refractivity contribution in [3.05, 3.63) is 83.4 Å². The predicted octanol–water partition coefficient (Wildman–Crippen LogP) is 2.82. The number of hydrogen-bond donors (Lipinski definition) is 6. The first-order valence-electron chi connectivity index (χ1n) is 18.2. The number of amides is 4. The van der Waals surface area contributed by atoms with Crippen LogP contribution in [-0.2, 0) is 30.3 Å². The van der Waals surface area contributed by atoms with E-state index in [0.29, 0.717) is 42.4 Å². The average molecular weight is 736 g/mol. The summed E-state index contributed by atoms with van der Waals surface area (Å²) in [6.07, 6.45) is 4.21. The maximum absolute atomic E-state index is 13.7. The van der Waals surface area contributed by atoms with Crippen molar-refractivity contribution in [3.63, 3.8) is 0 Å². The summed E-state index contributed by atoms with van der Waals surface area (Å²) >= 11 is 0. The molecule has 54 heavy (non-hydrogen) atoms. The lowest BCUT2D eigenvalue weighted by Crippen LogP contribution is -2.56. The van der Waals surface area contributed by atoms with Crippen LogP contribution in [0.1, 0.15) is 60.0 Å². The number of tetrazole rings is 1. The molecule has 4 amide bonds. The molecular weight excluding hydrogens is 690 g/mol. The van der Waals surface area contributed by atoms with E-state index >= 15 is 0 Å². The highest BCUT2D eigenvalue weighted by Crippen LogP contribution is 2.29. The summed E-state index contributed by atoms with van der Waals surface area (Å²) in [5.74, 6) is -1.05. The van der Waals surface area contributed by atoms with Crippen molar-refractivity contribution in [1.82, 2.24) is 36.6 Å². The van der Waals surface area contributed by atoms with Crippen LogP contribution in [0.5, 0.6) is 0 Å². The number of hydrogen-bond acceptors (Lipinski definition) is 10. The lowest BCUT2D eigenvalue weighted by atomic mass is 9.81.